The van der Waals surface area contributed by atoms with E-state index in [9.17, 15) is 34.8 Å². The second-order valence-corrected chi connectivity index (χ2v) is 22.9. The average Bonchev–Trinajstić information content (AvgIpc) is 3.38. The van der Waals surface area contributed by atoms with Gasteiger partial charge >= 0.3 is 25.2 Å². The molecule has 0 bridgehead atoms. The smallest absolute Gasteiger partial charge is 0.399 e. The van der Waals surface area contributed by atoms with E-state index in [1.165, 1.54) is 15.5 Å². The van der Waals surface area contributed by atoms with Crippen LogP contribution in [0.5, 0.6) is 0 Å². The van der Waals surface area contributed by atoms with Crippen LogP contribution < -0.4 is 0 Å². The zero-order chi connectivity index (χ0) is 52.3. The molecule has 5 aromatic carbocycles. The highest BCUT2D eigenvalue weighted by Gasteiger charge is 2.34. The van der Waals surface area contributed by atoms with Crippen molar-refractivity contribution in [2.24, 2.45) is 11.8 Å². The number of amides is 2. The number of ether oxygens (including phenoxy) is 1. The fraction of sp³-hybridized carbons (Fsp3) is 0.390. The third kappa shape index (κ3) is 19.1. The van der Waals surface area contributed by atoms with Gasteiger partial charge in [0.2, 0.25) is 11.8 Å². The van der Waals surface area contributed by atoms with Crippen LogP contribution in [-0.2, 0) is 43.6 Å². The van der Waals surface area contributed by atoms with Crippen LogP contribution in [0.15, 0.2) is 127 Å². The molecule has 1 N–H and O–H groups in total. The molecule has 0 aliphatic rings. The molecule has 0 unspecified atom stereocenters. The minimum atomic E-state index is -0.982. The molecule has 10 nitrogen and oxygen atoms in total. The zero-order valence-electron chi connectivity index (χ0n) is 42.9. The van der Waals surface area contributed by atoms with Crippen LogP contribution in [0.3, 0.4) is 0 Å². The molecule has 0 fully saturated rings. The molecule has 0 aliphatic heterocycles. The number of hydrogen-bond donors (Lipinski definition) is 1. The van der Waals surface area contributed by atoms with Crippen molar-refractivity contribution < 1.29 is 29.0 Å². The number of carbonyl (C=O) groups excluding carboxylic acids is 3. The van der Waals surface area contributed by atoms with Crippen molar-refractivity contribution in [3.8, 4) is 34.4 Å². The highest BCUT2D eigenvalue weighted by atomic mass is 35.6. The molecule has 71 heavy (non-hydrogen) atoms. The molecule has 2 atom stereocenters. The summed E-state index contributed by atoms with van der Waals surface area (Å²) in [6.45, 7) is 16.6. The second kappa shape index (κ2) is 31.9. The third-order valence-corrected chi connectivity index (χ3v) is 15.6. The molecule has 2 amide bonds. The Morgan fingerprint density at radius 3 is 1.32 bits per heavy atom. The number of nitrogens with zero attached hydrogens (tertiary/aromatic N) is 4. The van der Waals surface area contributed by atoms with Crippen LogP contribution in [0.4, 0.5) is 0 Å². The fourth-order valence-electron chi connectivity index (χ4n) is 7.90. The van der Waals surface area contributed by atoms with Gasteiger partial charge in [0, 0.05) is 25.9 Å². The van der Waals surface area contributed by atoms with Crippen molar-refractivity contribution in [2.45, 2.75) is 136 Å². The number of esters is 1. The van der Waals surface area contributed by atoms with E-state index >= 15 is 0 Å². The number of benzene rings is 5. The first-order valence-corrected chi connectivity index (χ1v) is 28.3. The van der Waals surface area contributed by atoms with E-state index in [4.69, 9.17) is 14.8 Å². The van der Waals surface area contributed by atoms with Crippen LogP contribution in [0.2, 0.25) is 10.6 Å². The van der Waals surface area contributed by atoms with Gasteiger partial charge in [0.25, 0.3) is 0 Å². The second-order valence-electron chi connectivity index (χ2n) is 18.2. The van der Waals surface area contributed by atoms with E-state index in [1.807, 2.05) is 157 Å². The van der Waals surface area contributed by atoms with E-state index in [0.29, 0.717) is 30.5 Å². The van der Waals surface area contributed by atoms with Gasteiger partial charge in [0.15, 0.2) is 0 Å². The van der Waals surface area contributed by atoms with Crippen molar-refractivity contribution in [1.82, 2.24) is 9.80 Å². The average molecular weight is 996 g/mol. The number of unbranched alkanes of at least 4 members (excludes halogenated alkanes) is 2. The fourth-order valence-corrected chi connectivity index (χ4v) is 8.48. The van der Waals surface area contributed by atoms with Crippen molar-refractivity contribution in [3.05, 3.63) is 155 Å². The first-order chi connectivity index (χ1) is 34.1. The maximum atomic E-state index is 13.3. The molecule has 0 saturated heterocycles. The molecule has 0 heterocycles. The Morgan fingerprint density at radius 2 is 0.972 bits per heavy atom. The third-order valence-electron chi connectivity index (χ3n) is 12.0. The monoisotopic (exact) mass is 994 g/mol. The largest absolute Gasteiger partial charge is 0.480 e. The summed E-state index contributed by atoms with van der Waals surface area (Å²) in [7, 11) is 5.79. The Kier molecular flexibility index (Phi) is 26.5. The normalized spacial score (nSPS) is 11.3. The number of carboxylic acids is 1. The number of aliphatic carboxylic acids is 1. The molecule has 5 aromatic rings. The maximum absolute atomic E-state index is 13.3. The number of carboxylic acid groups (broad SMARTS) is 1. The van der Waals surface area contributed by atoms with E-state index in [0.717, 1.165) is 64.6 Å². The summed E-state index contributed by atoms with van der Waals surface area (Å²) >= 11 is -0.688. The molecule has 0 saturated carbocycles. The summed E-state index contributed by atoms with van der Waals surface area (Å²) in [5.74, 6) is -1.86. The van der Waals surface area contributed by atoms with Gasteiger partial charge < -0.3 is 19.6 Å². The Morgan fingerprint density at radius 1 is 0.577 bits per heavy atom. The van der Waals surface area contributed by atoms with E-state index < -0.39 is 37.2 Å². The standard InChI is InChI=1S/C31H34N2O3.C24H28N2O3.2C2H5.Al.ClH/c1-4-5-15-29(34)33(30(23(2)3)31(35)36-22-25-11-7-6-8-12-25)21-24-16-18-26(19-17-24)28-14-10-9-13-27(28)20-32;1-4-5-10-22(27)26(23(17(2)3)24(28)29)16-18-11-13-19(14-12-18)21-9-7-6-8-20(21)15-25;2*1-2;;/h6-14,16-19,23,30H,4-5,15,21-22H2,1-3H3;6-9,11-14,17,23H,4-5,10,16H2,1-3H3,(H,28,29);2*1H2,2H3;;1H/q;;;;+1;/p-1/t30-;23-;;;;/m00..../s1. The highest BCUT2D eigenvalue weighted by molar-refractivity contribution is 7.06. The van der Waals surface area contributed by atoms with Crippen LogP contribution in [0.25, 0.3) is 22.3 Å². The summed E-state index contributed by atoms with van der Waals surface area (Å²) in [4.78, 5) is 54.3. The first-order valence-electron chi connectivity index (χ1n) is 25.0. The van der Waals surface area contributed by atoms with Crippen molar-refractivity contribution in [1.29, 1.82) is 10.5 Å². The zero-order valence-corrected chi connectivity index (χ0v) is 44.9. The molecule has 374 valence electrons. The molecular weight excluding hydrogens is 923 g/mol. The molecule has 12 heteroatoms. The number of nitriles is 2. The van der Waals surface area contributed by atoms with Gasteiger partial charge in [-0.05, 0) is 75.8 Å². The van der Waals surface area contributed by atoms with E-state index in [2.05, 4.69) is 26.0 Å². The summed E-state index contributed by atoms with van der Waals surface area (Å²) in [5, 5.41) is 30.9. The van der Waals surface area contributed by atoms with Crippen molar-refractivity contribution in [2.75, 3.05) is 0 Å². The maximum Gasteiger partial charge on any atom is 0.399 e. The molecule has 0 aromatic heterocycles. The summed E-state index contributed by atoms with van der Waals surface area (Å²) in [5.41, 5.74) is 7.46. The lowest BCUT2D eigenvalue weighted by molar-refractivity contribution is -0.159. The number of hydrogen-bond acceptors (Lipinski definition) is 7. The molecular formula is C59H72AlClN4O6. The molecule has 0 aliphatic carbocycles. The minimum absolute atomic E-state index is 0.0499. The lowest BCUT2D eigenvalue weighted by atomic mass is 9.98. The van der Waals surface area contributed by atoms with Gasteiger partial charge in [-0.15, -0.1) is 0 Å². The summed E-state index contributed by atoms with van der Waals surface area (Å²) in [6, 6.07) is 42.7. The first kappa shape index (κ1) is 59.1. The Bertz CT molecular complexity index is 2500. The van der Waals surface area contributed by atoms with Crippen LogP contribution in [-0.4, -0.2) is 64.0 Å². The Labute approximate surface area is 431 Å². The van der Waals surface area contributed by atoms with Gasteiger partial charge in [0.05, 0.1) is 23.3 Å². The quantitative estimate of drug-likeness (QED) is 0.0531. The van der Waals surface area contributed by atoms with E-state index in [1.54, 1.807) is 17.0 Å². The summed E-state index contributed by atoms with van der Waals surface area (Å²) in [6.07, 6.45) is 4.02. The van der Waals surface area contributed by atoms with Gasteiger partial charge in [0.1, 0.15) is 18.7 Å². The minimum Gasteiger partial charge on any atom is -0.480 e. The van der Waals surface area contributed by atoms with Gasteiger partial charge in [-0.2, -0.15) is 10.5 Å². The topological polar surface area (TPSA) is 152 Å². The molecule has 5 rings (SSSR count). The molecule has 0 spiro atoms. The predicted molar refractivity (Wildman–Crippen MR) is 287 cm³/mol. The number of carbonyl (C=O) groups is 4. The molecule has 0 radical (unpaired) electrons. The van der Waals surface area contributed by atoms with Crippen LogP contribution >= 0.6 is 10.0 Å². The highest BCUT2D eigenvalue weighted by Crippen LogP contribution is 2.27. The lowest BCUT2D eigenvalue weighted by Crippen LogP contribution is -2.48. The van der Waals surface area contributed by atoms with Crippen LogP contribution in [0, 0.1) is 34.5 Å². The van der Waals surface area contributed by atoms with E-state index in [-0.39, 0.29) is 36.8 Å². The van der Waals surface area contributed by atoms with Gasteiger partial charge in [-0.3, -0.25) is 19.6 Å². The van der Waals surface area contributed by atoms with Crippen molar-refractivity contribution in [3.63, 3.8) is 0 Å². The van der Waals surface area contributed by atoms with Gasteiger partial charge in [-0.1, -0.05) is 194 Å². The van der Waals surface area contributed by atoms with Crippen molar-refractivity contribution >= 4 is 47.0 Å². The van der Waals surface area contributed by atoms with Crippen LogP contribution in [0.1, 0.15) is 122 Å². The summed E-state index contributed by atoms with van der Waals surface area (Å²) < 4.78 is 5.66. The number of rotatable bonds is 22. The Hall–Kier alpha value is -6.22. The Balaban J connectivity index is 0.000000343. The SMILES string of the molecule is CCCCC(=O)N(Cc1ccc(-c2ccccc2C#N)cc1)[C@H](C(=O)O)C(C)C.CCCCC(=O)N(Cc1ccc(-c2ccccc2C#N)cc1)[C@H](C(=O)OCc1ccccc1)C(C)C.C[CH2][Al]([Cl])[CH2]C. The lowest BCUT2D eigenvalue weighted by Gasteiger charge is -2.33. The number of halogens is 1. The predicted octanol–water partition coefficient (Wildman–Crippen LogP) is 13.6. The van der Waals surface area contributed by atoms with Gasteiger partial charge in [-0.25, -0.2) is 9.59 Å².